The van der Waals surface area contributed by atoms with Gasteiger partial charge in [0.15, 0.2) is 5.03 Å². The maximum Gasteiger partial charge on any atom is 0.262 e. The molecule has 2 aromatic heterocycles. The predicted molar refractivity (Wildman–Crippen MR) is 137 cm³/mol. The maximum absolute atomic E-state index is 13.6. The number of nitriles is 1. The Balaban J connectivity index is 1.60. The Morgan fingerprint density at radius 2 is 1.76 bits per heavy atom. The number of carbonyl (C=O) groups is 1. The number of amides is 1. The van der Waals surface area contributed by atoms with Gasteiger partial charge in [-0.25, -0.2) is 18.4 Å². The lowest BCUT2D eigenvalue weighted by Crippen LogP contribution is -2.37. The Kier molecular flexibility index (Phi) is 7.81. The van der Waals surface area contributed by atoms with Crippen molar-refractivity contribution in [2.45, 2.75) is 24.5 Å². The molecule has 0 saturated heterocycles. The largest absolute Gasteiger partial charge is 0.339 e. The number of rotatable bonds is 10. The van der Waals surface area contributed by atoms with Crippen molar-refractivity contribution >= 4 is 21.6 Å². The van der Waals surface area contributed by atoms with Gasteiger partial charge in [0, 0.05) is 51.7 Å². The Labute approximate surface area is 216 Å². The van der Waals surface area contributed by atoms with E-state index >= 15 is 0 Å². The highest BCUT2D eigenvalue weighted by atomic mass is 32.2. The van der Waals surface area contributed by atoms with Gasteiger partial charge < -0.3 is 14.0 Å². The molecule has 4 aromatic rings. The van der Waals surface area contributed by atoms with Gasteiger partial charge in [-0.1, -0.05) is 30.3 Å². The fourth-order valence-corrected chi connectivity index (χ4v) is 5.21. The van der Waals surface area contributed by atoms with Gasteiger partial charge in [-0.2, -0.15) is 9.57 Å². The molecule has 2 heterocycles. The summed E-state index contributed by atoms with van der Waals surface area (Å²) in [5, 5.41) is 9.08. The average molecular weight is 518 g/mol. The lowest BCUT2D eigenvalue weighted by molar-refractivity contribution is -0.118. The van der Waals surface area contributed by atoms with Crippen LogP contribution in [0.3, 0.4) is 0 Å². The van der Waals surface area contributed by atoms with Crippen LogP contribution in [0.2, 0.25) is 0 Å². The van der Waals surface area contributed by atoms with E-state index in [0.717, 1.165) is 11.3 Å². The van der Waals surface area contributed by atoms with E-state index in [-0.39, 0.29) is 37.0 Å². The summed E-state index contributed by atoms with van der Waals surface area (Å²) in [4.78, 5) is 23.3. The van der Waals surface area contributed by atoms with Crippen molar-refractivity contribution in [3.05, 3.63) is 96.5 Å². The minimum atomic E-state index is -3.95. The first kappa shape index (κ1) is 25.8. The van der Waals surface area contributed by atoms with Crippen LogP contribution in [0.4, 0.5) is 5.69 Å². The van der Waals surface area contributed by atoms with Crippen molar-refractivity contribution in [1.82, 2.24) is 23.4 Å². The predicted octanol–water partition coefficient (Wildman–Crippen LogP) is 2.84. The summed E-state index contributed by atoms with van der Waals surface area (Å²) < 4.78 is 31.6. The molecule has 0 atom stereocenters. The van der Waals surface area contributed by atoms with Crippen LogP contribution in [0, 0.1) is 11.3 Å². The lowest BCUT2D eigenvalue weighted by atomic mass is 10.2. The van der Waals surface area contributed by atoms with E-state index < -0.39 is 10.0 Å². The van der Waals surface area contributed by atoms with Gasteiger partial charge in [0.1, 0.15) is 0 Å². The monoisotopic (exact) mass is 517 g/mol. The summed E-state index contributed by atoms with van der Waals surface area (Å²) >= 11 is 0. The molecule has 0 spiro atoms. The van der Waals surface area contributed by atoms with Crippen LogP contribution in [-0.4, -0.2) is 44.3 Å². The molecule has 11 heteroatoms. The van der Waals surface area contributed by atoms with Crippen molar-refractivity contribution in [3.63, 3.8) is 0 Å². The summed E-state index contributed by atoms with van der Waals surface area (Å²) in [5.74, 6) is -0.264. The van der Waals surface area contributed by atoms with E-state index in [2.05, 4.69) is 16.0 Å². The van der Waals surface area contributed by atoms with Crippen molar-refractivity contribution in [2.75, 3.05) is 11.4 Å². The summed E-state index contributed by atoms with van der Waals surface area (Å²) in [6.45, 7) is 0.309. The molecule has 0 fully saturated rings. The highest BCUT2D eigenvalue weighted by molar-refractivity contribution is 7.89. The van der Waals surface area contributed by atoms with Gasteiger partial charge in [0.2, 0.25) is 5.91 Å². The normalized spacial score (nSPS) is 11.4. The highest BCUT2D eigenvalue weighted by Gasteiger charge is 2.28. The second-order valence-electron chi connectivity index (χ2n) is 8.59. The average Bonchev–Trinajstić information content (AvgIpc) is 3.53. The smallest absolute Gasteiger partial charge is 0.262 e. The zero-order valence-corrected chi connectivity index (χ0v) is 21.4. The molecule has 190 valence electrons. The number of carbonyl (C=O) groups excluding carboxylic acids is 1. The van der Waals surface area contributed by atoms with Crippen LogP contribution >= 0.6 is 0 Å². The number of benzene rings is 2. The van der Waals surface area contributed by atoms with Crippen LogP contribution in [0.25, 0.3) is 0 Å². The van der Waals surface area contributed by atoms with Gasteiger partial charge in [0.05, 0.1) is 36.5 Å². The molecule has 0 aliphatic rings. The summed E-state index contributed by atoms with van der Waals surface area (Å²) in [6.07, 6.45) is 6.14. The standard InChI is InChI=1S/C26H27N7O3S/c1-30-18-25(29-20-30)37(35,36)32(16-22-6-4-3-5-7-22)13-12-26(34)33(17-24-15-28-19-31(24)2)23-10-8-21(14-27)9-11-23/h3-11,15,18-20H,12-13,16-17H2,1-2H3. The van der Waals surface area contributed by atoms with Crippen molar-refractivity contribution < 1.29 is 13.2 Å². The van der Waals surface area contributed by atoms with Gasteiger partial charge in [-0.05, 0) is 29.8 Å². The van der Waals surface area contributed by atoms with E-state index in [0.29, 0.717) is 11.3 Å². The first-order chi connectivity index (χ1) is 17.8. The number of aromatic nitrogens is 4. The fourth-order valence-electron chi connectivity index (χ4n) is 3.82. The molecule has 2 aromatic carbocycles. The van der Waals surface area contributed by atoms with Crippen LogP contribution in [0.1, 0.15) is 23.2 Å². The molecule has 0 saturated carbocycles. The van der Waals surface area contributed by atoms with Crippen molar-refractivity contribution in [3.8, 4) is 6.07 Å². The Morgan fingerprint density at radius 3 is 2.35 bits per heavy atom. The third-order valence-electron chi connectivity index (χ3n) is 5.91. The Morgan fingerprint density at radius 1 is 1.03 bits per heavy atom. The van der Waals surface area contributed by atoms with Crippen molar-refractivity contribution in [1.29, 1.82) is 5.26 Å². The second-order valence-corrected chi connectivity index (χ2v) is 10.5. The fraction of sp³-hybridized carbons (Fsp3) is 0.231. The third-order valence-corrected chi connectivity index (χ3v) is 7.64. The van der Waals surface area contributed by atoms with Gasteiger partial charge in [-0.3, -0.25) is 4.79 Å². The molecule has 0 bridgehead atoms. The van der Waals surface area contributed by atoms with E-state index in [1.54, 1.807) is 53.3 Å². The molecular weight excluding hydrogens is 490 g/mol. The quantitative estimate of drug-likeness (QED) is 0.319. The molecule has 0 radical (unpaired) electrons. The Bertz CT molecular complexity index is 1500. The maximum atomic E-state index is 13.6. The van der Waals surface area contributed by atoms with Crippen LogP contribution in [0.5, 0.6) is 0 Å². The summed E-state index contributed by atoms with van der Waals surface area (Å²) in [5.41, 5.74) is 2.69. The van der Waals surface area contributed by atoms with E-state index in [9.17, 15) is 13.2 Å². The minimum absolute atomic E-state index is 0.0369. The minimum Gasteiger partial charge on any atom is -0.339 e. The van der Waals surface area contributed by atoms with Gasteiger partial charge >= 0.3 is 0 Å². The molecule has 10 nitrogen and oxygen atoms in total. The number of imidazole rings is 2. The molecular formula is C26H27N7O3S. The number of anilines is 1. The van der Waals surface area contributed by atoms with Crippen molar-refractivity contribution in [2.24, 2.45) is 14.1 Å². The lowest BCUT2D eigenvalue weighted by Gasteiger charge is -2.26. The molecule has 1 amide bonds. The second kappa shape index (κ2) is 11.2. The first-order valence-corrected chi connectivity index (χ1v) is 13.0. The molecule has 0 N–H and O–H groups in total. The first-order valence-electron chi connectivity index (χ1n) is 11.6. The van der Waals surface area contributed by atoms with Crippen LogP contribution < -0.4 is 4.90 Å². The molecule has 0 aliphatic carbocycles. The number of hydrogen-bond donors (Lipinski definition) is 0. The third kappa shape index (κ3) is 6.11. The molecule has 4 rings (SSSR count). The van der Waals surface area contributed by atoms with Gasteiger partial charge in [-0.15, -0.1) is 0 Å². The number of nitrogens with zero attached hydrogens (tertiary/aromatic N) is 7. The molecule has 0 aliphatic heterocycles. The van der Waals surface area contributed by atoms with E-state index in [1.165, 1.54) is 16.8 Å². The molecule has 37 heavy (non-hydrogen) atoms. The van der Waals surface area contributed by atoms with E-state index in [4.69, 9.17) is 5.26 Å². The zero-order valence-electron chi connectivity index (χ0n) is 20.6. The van der Waals surface area contributed by atoms with Crippen LogP contribution in [-0.2, 0) is 42.0 Å². The number of hydrogen-bond acceptors (Lipinski definition) is 6. The molecule has 0 unspecified atom stereocenters. The number of aryl methyl sites for hydroxylation is 2. The van der Waals surface area contributed by atoms with E-state index in [1.807, 2.05) is 41.9 Å². The summed E-state index contributed by atoms with van der Waals surface area (Å²) in [6, 6.07) is 18.0. The number of sulfonamides is 1. The Hall–Kier alpha value is -4.27. The summed E-state index contributed by atoms with van der Waals surface area (Å²) in [7, 11) is -0.412. The zero-order chi connectivity index (χ0) is 26.4. The highest BCUT2D eigenvalue weighted by Crippen LogP contribution is 2.21. The SMILES string of the molecule is Cn1cnc(S(=O)(=O)N(CCC(=O)N(Cc2cncn2C)c2ccc(C#N)cc2)Cc2ccccc2)c1. The van der Waals surface area contributed by atoms with Gasteiger partial charge in [0.25, 0.3) is 10.0 Å². The topological polar surface area (TPSA) is 117 Å². The van der Waals surface area contributed by atoms with Crippen LogP contribution in [0.15, 0.2) is 84.7 Å².